The number of nitrogens with one attached hydrogen (secondary N) is 7. The second-order valence-corrected chi connectivity index (χ2v) is 42.0. The van der Waals surface area contributed by atoms with Crippen LogP contribution in [0.5, 0.6) is 0 Å². The number of nitrogens with zero attached hydrogens (tertiary/aromatic N) is 23. The summed E-state index contributed by atoms with van der Waals surface area (Å²) in [6.07, 6.45) is 9.68. The fourth-order valence-corrected chi connectivity index (χ4v) is 19.5. The van der Waals surface area contributed by atoms with E-state index in [1.54, 1.807) is 45.7 Å². The average Bonchev–Trinajstić information content (AvgIpc) is 1.63. The Hall–Kier alpha value is -14.0. The van der Waals surface area contributed by atoms with E-state index in [0.717, 1.165) is 90.7 Å². The Kier molecular flexibility index (Phi) is 32.5. The van der Waals surface area contributed by atoms with Crippen molar-refractivity contribution in [2.24, 2.45) is 27.1 Å². The van der Waals surface area contributed by atoms with Gasteiger partial charge in [0.1, 0.15) is 29.1 Å². The lowest BCUT2D eigenvalue weighted by molar-refractivity contribution is 0.184. The molecule has 5 aliphatic heterocycles. The first-order chi connectivity index (χ1) is 69.7. The van der Waals surface area contributed by atoms with Crippen LogP contribution in [0.4, 0.5) is 82.8 Å². The van der Waals surface area contributed by atoms with Gasteiger partial charge in [0.15, 0.2) is 0 Å². The summed E-state index contributed by atoms with van der Waals surface area (Å²) in [5.74, 6) is 7.02. The Morgan fingerprint density at radius 2 is 0.678 bits per heavy atom. The lowest BCUT2D eigenvalue weighted by Gasteiger charge is -2.40. The molecule has 5 aromatic carbocycles. The van der Waals surface area contributed by atoms with E-state index in [2.05, 4.69) is 249 Å². The third-order valence-corrected chi connectivity index (χ3v) is 28.5. The van der Waals surface area contributed by atoms with Gasteiger partial charge in [0, 0.05) is 182 Å². The van der Waals surface area contributed by atoms with Crippen LogP contribution in [0.3, 0.4) is 0 Å². The number of carbonyl (C=O) groups excluding carboxylic acids is 5. The van der Waals surface area contributed by atoms with Crippen LogP contribution in [0.25, 0.3) is 55.2 Å². The highest BCUT2D eigenvalue weighted by atomic mass is 35.5. The molecular weight excluding hydrogens is 1950 g/mol. The lowest BCUT2D eigenvalue weighted by Crippen LogP contribution is -2.55. The average molecular weight is 2080 g/mol. The molecule has 7 N–H and O–H groups in total. The largest absolute Gasteiger partial charge is 0.352 e. The molecule has 15 aromatic rings. The summed E-state index contributed by atoms with van der Waals surface area (Å²) in [4.78, 5) is 135. The number of piperazine rings is 5. The molecule has 5 fully saturated rings. The number of halogens is 5. The minimum absolute atomic E-state index is 0.00805. The van der Waals surface area contributed by atoms with E-state index in [9.17, 15) is 24.0 Å². The maximum Gasteiger partial charge on any atom is 0.324 e. The SMILES string of the molecule is CC(C)Cc1ccc2c(c1)nc(NC(=O)N1CCN(c3ncccc3Cl)CC1)n2C.C[C@@H]1CN(c2ncccc2Cl)CCN1C(=O)Nc1nc2ccc(C(C)(C)C)cc2[nH]1.Cc1cc2nc(NC(=O)N3CCN(c4ncccc4Cl)CC3)n(C)c2cc1C.Cc1cc2nc(NC(=O)N3CCN(c4ncccc4Cl)C[C@@H]3C)[nH]c2cc1C.Cn1c(NC(=O)N2CCN(c3ncccc3Cl)CC2)nc2ccc(C(C)(C)C)cc21. The summed E-state index contributed by atoms with van der Waals surface area (Å²) in [5.41, 5.74) is 17.8. The van der Waals surface area contributed by atoms with Crippen molar-refractivity contribution >= 4 is 202 Å². The molecule has 40 heteroatoms. The van der Waals surface area contributed by atoms with Crippen molar-refractivity contribution in [3.63, 3.8) is 0 Å². The van der Waals surface area contributed by atoms with E-state index >= 15 is 0 Å². The van der Waals surface area contributed by atoms with Crippen LogP contribution < -0.4 is 51.1 Å². The van der Waals surface area contributed by atoms with Gasteiger partial charge in [0.25, 0.3) is 0 Å². The number of carbonyl (C=O) groups is 5. The van der Waals surface area contributed by atoms with E-state index in [1.165, 1.54) is 38.9 Å². The van der Waals surface area contributed by atoms with Gasteiger partial charge < -0.3 is 72.7 Å². The Labute approximate surface area is 875 Å². The number of anilines is 10. The van der Waals surface area contributed by atoms with Crippen molar-refractivity contribution in [2.75, 3.05) is 169 Å². The number of aromatic amines is 2. The topological polar surface area (TPSA) is 353 Å². The van der Waals surface area contributed by atoms with Crippen LogP contribution >= 0.6 is 58.0 Å². The molecule has 10 aromatic heterocycles. The van der Waals surface area contributed by atoms with Crippen molar-refractivity contribution < 1.29 is 24.0 Å². The van der Waals surface area contributed by atoms with Crippen LogP contribution in [0, 0.1) is 33.6 Å². The third-order valence-electron chi connectivity index (χ3n) is 27.1. The first-order valence-electron chi connectivity index (χ1n) is 49.2. The van der Waals surface area contributed by atoms with Crippen LogP contribution in [-0.4, -0.2) is 258 Å². The van der Waals surface area contributed by atoms with E-state index in [-0.39, 0.29) is 53.1 Å². The maximum absolute atomic E-state index is 12.9. The Balaban J connectivity index is 0.000000131. The Morgan fingerprint density at radius 1 is 0.349 bits per heavy atom. The molecule has 146 heavy (non-hydrogen) atoms. The summed E-state index contributed by atoms with van der Waals surface area (Å²) in [6.45, 7) is 41.3. The Bertz CT molecular complexity index is 7210. The number of rotatable bonds is 12. The summed E-state index contributed by atoms with van der Waals surface area (Å²) in [7, 11) is 5.77. The number of pyridine rings is 5. The number of hydrogen-bond donors (Lipinski definition) is 7. The highest BCUT2D eigenvalue weighted by molar-refractivity contribution is 6.34. The number of imidazole rings is 5. The van der Waals surface area contributed by atoms with Gasteiger partial charge in [-0.25, -0.2) is 73.8 Å². The number of hydrogen-bond acceptors (Lipinski definition) is 20. The standard InChI is InChI=1S/3C22H27ClN6O.2C20H23ClN6O/c1-22(2,3)15-7-8-17-18(14-15)27(4)20(25-17)26-21(30)29-12-10-28(11-13-29)19-16(23)6-5-9-24-19;1-14-13-28(19-16(23)6-5-9-24-19)10-11-29(14)21(30)27-20-25-17-8-7-15(22(2,3)4)12-18(17)26-20;1-15(2)13-16-6-7-19-18(14-16)25-21(27(19)3)26-22(30)29-11-9-28(10-12-29)20-17(23)5-4-8-24-20;1-13-11-16-17(12-14(13)2)25(3)19(23-16)24-20(28)27-9-7-26(8-10-27)18-15(21)5-4-6-22-18;1-12-9-16-17(10-13(12)2)24-19(23-16)25-20(28)27-8-7-26(11-14(27)3)18-15(21)5-4-6-22-18/h5-9,14H,10-13H2,1-4H3,(H,25,26,30);5-9,12,14H,10-11,13H2,1-4H3,(H2,25,26,27,30);4-8,14-15H,9-13H2,1-3H3,(H,25,26,30);4-6,11-12H,7-10H2,1-3H3,(H,23,24,28);4-6,9-10,14H,7-8,11H2,1-3H3,(H2,23,24,25,28)/t;14-;;;14-/m.1..0/s1. The van der Waals surface area contributed by atoms with Gasteiger partial charge in [0.2, 0.25) is 29.7 Å². The zero-order chi connectivity index (χ0) is 104. The quantitative estimate of drug-likeness (QED) is 0.0597. The summed E-state index contributed by atoms with van der Waals surface area (Å²) >= 11 is 31.3. The first-order valence-corrected chi connectivity index (χ1v) is 51.1. The smallest absolute Gasteiger partial charge is 0.324 e. The fourth-order valence-electron chi connectivity index (χ4n) is 18.3. The van der Waals surface area contributed by atoms with Gasteiger partial charge in [-0.15, -0.1) is 0 Å². The molecule has 0 radical (unpaired) electrons. The van der Waals surface area contributed by atoms with Gasteiger partial charge in [-0.3, -0.25) is 26.6 Å². The van der Waals surface area contributed by atoms with Crippen molar-refractivity contribution in [3.8, 4) is 0 Å². The van der Waals surface area contributed by atoms with Crippen molar-refractivity contribution in [3.05, 3.63) is 235 Å². The molecular formula is C106H127Cl5N30O5. The highest BCUT2D eigenvalue weighted by Gasteiger charge is 2.35. The Morgan fingerprint density at radius 3 is 1.07 bits per heavy atom. The van der Waals surface area contributed by atoms with Gasteiger partial charge in [-0.05, 0) is 225 Å². The number of H-pyrrole nitrogens is 2. The predicted molar refractivity (Wildman–Crippen MR) is 589 cm³/mol. The van der Waals surface area contributed by atoms with E-state index < -0.39 is 0 Å². The van der Waals surface area contributed by atoms with Gasteiger partial charge >= 0.3 is 30.2 Å². The van der Waals surface area contributed by atoms with E-state index in [4.69, 9.17) is 58.0 Å². The molecule has 0 unspecified atom stereocenters. The molecule has 2 atom stereocenters. The van der Waals surface area contributed by atoms with E-state index in [0.29, 0.717) is 179 Å². The molecule has 766 valence electrons. The molecule has 10 amide bonds. The fraction of sp³-hybridized carbons (Fsp3) is 0.387. The molecule has 0 saturated carbocycles. The van der Waals surface area contributed by atoms with Gasteiger partial charge in [-0.2, -0.15) is 0 Å². The van der Waals surface area contributed by atoms with Crippen LogP contribution in [0.2, 0.25) is 25.1 Å². The van der Waals surface area contributed by atoms with Crippen LogP contribution in [-0.2, 0) is 38.4 Å². The van der Waals surface area contributed by atoms with Gasteiger partial charge in [0.05, 0.1) is 80.3 Å². The van der Waals surface area contributed by atoms with Crippen LogP contribution in [0.15, 0.2) is 171 Å². The molecule has 0 bridgehead atoms. The number of aryl methyl sites for hydroxylation is 7. The normalized spacial score (nSPS) is 15.7. The molecule has 0 spiro atoms. The summed E-state index contributed by atoms with van der Waals surface area (Å²) in [5, 5.41) is 17.9. The molecule has 35 nitrogen and oxygen atoms in total. The number of urea groups is 5. The summed E-state index contributed by atoms with van der Waals surface area (Å²) in [6, 6.07) is 44.5. The zero-order valence-electron chi connectivity index (χ0n) is 85.5. The second-order valence-electron chi connectivity index (χ2n) is 40.0. The lowest BCUT2D eigenvalue weighted by atomic mass is 9.87. The second kappa shape index (κ2) is 45.3. The predicted octanol–water partition coefficient (Wildman–Crippen LogP) is 20.7. The van der Waals surface area contributed by atoms with Crippen LogP contribution in [0.1, 0.15) is 108 Å². The third kappa shape index (κ3) is 24.7. The molecule has 0 aliphatic carbocycles. The molecule has 20 rings (SSSR count). The highest BCUT2D eigenvalue weighted by Crippen LogP contribution is 2.36. The number of aromatic nitrogens is 15. The molecule has 15 heterocycles. The van der Waals surface area contributed by atoms with E-state index in [1.807, 2.05) is 143 Å². The first kappa shape index (κ1) is 105. The number of amides is 10. The van der Waals surface area contributed by atoms with Crippen molar-refractivity contribution in [1.82, 2.24) is 98.0 Å². The van der Waals surface area contributed by atoms with Gasteiger partial charge in [-0.1, -0.05) is 132 Å². The monoisotopic (exact) mass is 2070 g/mol. The van der Waals surface area contributed by atoms with Crippen molar-refractivity contribution in [1.29, 1.82) is 0 Å². The molecule has 5 saturated heterocycles. The molecule has 5 aliphatic rings. The number of benzene rings is 5. The van der Waals surface area contributed by atoms with Crippen molar-refractivity contribution in [2.45, 2.75) is 126 Å². The minimum Gasteiger partial charge on any atom is -0.352 e. The minimum atomic E-state index is -0.163. The summed E-state index contributed by atoms with van der Waals surface area (Å²) < 4.78 is 5.78. The zero-order valence-corrected chi connectivity index (χ0v) is 89.3. The maximum atomic E-state index is 12.9. The number of fused-ring (bicyclic) bond motifs is 5.